The van der Waals surface area contributed by atoms with Crippen molar-refractivity contribution in [2.75, 3.05) is 27.2 Å². The van der Waals surface area contributed by atoms with E-state index < -0.39 is 5.60 Å². The van der Waals surface area contributed by atoms with E-state index in [2.05, 4.69) is 5.32 Å². The molecule has 2 N–H and O–H groups in total. The van der Waals surface area contributed by atoms with Crippen LogP contribution in [-0.2, 0) is 0 Å². The number of fused-ring (bicyclic) bond motifs is 1. The molecule has 0 saturated carbocycles. The minimum absolute atomic E-state index is 0.184. The highest BCUT2D eigenvalue weighted by atomic mass is 16.3. The van der Waals surface area contributed by atoms with Crippen molar-refractivity contribution in [3.05, 3.63) is 36.1 Å². The number of hydrogen-bond donors (Lipinski definition) is 2. The van der Waals surface area contributed by atoms with Gasteiger partial charge in [-0.3, -0.25) is 4.79 Å². The third kappa shape index (κ3) is 3.37. The molecule has 1 aromatic carbocycles. The molecule has 1 amide bonds. The first-order chi connectivity index (χ1) is 9.39. The minimum Gasteiger partial charge on any atom is -0.463 e. The van der Waals surface area contributed by atoms with E-state index in [0.717, 1.165) is 5.39 Å². The fraction of sp³-hybridized carbons (Fsp3) is 0.400. The summed E-state index contributed by atoms with van der Waals surface area (Å²) in [5, 5.41) is 13.7. The van der Waals surface area contributed by atoms with Crippen molar-refractivity contribution in [3.63, 3.8) is 0 Å². The first-order valence-corrected chi connectivity index (χ1v) is 6.50. The van der Waals surface area contributed by atoms with Crippen molar-refractivity contribution in [1.82, 2.24) is 10.2 Å². The molecule has 108 valence electrons. The number of likely N-dealkylation sites (N-methyl/N-ethyl adjacent to an activating group) is 1. The van der Waals surface area contributed by atoms with Gasteiger partial charge in [0.1, 0.15) is 11.8 Å². The number of amides is 1. The number of para-hydroxylation sites is 1. The molecule has 1 atom stereocenters. The maximum absolute atomic E-state index is 12.2. The summed E-state index contributed by atoms with van der Waals surface area (Å²) in [5.74, 6) is -0.242. The van der Waals surface area contributed by atoms with Gasteiger partial charge in [-0.25, -0.2) is 0 Å². The Kier molecular flexibility index (Phi) is 4.11. The van der Waals surface area contributed by atoms with Crippen LogP contribution in [0, 0.1) is 0 Å². The molecule has 0 aliphatic heterocycles. The Labute approximate surface area is 118 Å². The van der Waals surface area contributed by atoms with Crippen LogP contribution >= 0.6 is 0 Å². The number of nitrogens with one attached hydrogen (secondary N) is 1. The van der Waals surface area contributed by atoms with Gasteiger partial charge < -0.3 is 19.7 Å². The largest absolute Gasteiger partial charge is 0.463 e. The predicted molar refractivity (Wildman–Crippen MR) is 77.7 cm³/mol. The van der Waals surface area contributed by atoms with Crippen LogP contribution in [0.25, 0.3) is 11.0 Å². The van der Waals surface area contributed by atoms with Crippen LogP contribution in [0.15, 0.2) is 34.9 Å². The predicted octanol–water partition coefficient (Wildman–Crippen LogP) is 1.48. The third-order valence-corrected chi connectivity index (χ3v) is 3.01. The zero-order valence-corrected chi connectivity index (χ0v) is 12.0. The van der Waals surface area contributed by atoms with Crippen LogP contribution in [-0.4, -0.2) is 48.7 Å². The Hall–Kier alpha value is -1.85. The summed E-state index contributed by atoms with van der Waals surface area (Å²) in [6.07, 6.45) is 1.45. The second-order valence-corrected chi connectivity index (χ2v) is 5.56. The van der Waals surface area contributed by atoms with E-state index in [4.69, 9.17) is 4.42 Å². The maximum Gasteiger partial charge on any atom is 0.255 e. The summed E-state index contributed by atoms with van der Waals surface area (Å²) < 4.78 is 5.34. The van der Waals surface area contributed by atoms with Crippen molar-refractivity contribution in [1.29, 1.82) is 0 Å². The number of furan rings is 1. The van der Waals surface area contributed by atoms with Crippen molar-refractivity contribution in [2.24, 2.45) is 0 Å². The molecule has 0 saturated heterocycles. The molecule has 5 nitrogen and oxygen atoms in total. The van der Waals surface area contributed by atoms with Crippen molar-refractivity contribution in [3.8, 4) is 0 Å². The topological polar surface area (TPSA) is 65.7 Å². The minimum atomic E-state index is -0.974. The second-order valence-electron chi connectivity index (χ2n) is 5.56. The molecular formula is C15H20N2O3. The van der Waals surface area contributed by atoms with Gasteiger partial charge in [0.2, 0.25) is 0 Å². The summed E-state index contributed by atoms with van der Waals surface area (Å²) in [6.45, 7) is 2.35. The smallest absolute Gasteiger partial charge is 0.255 e. The lowest BCUT2D eigenvalue weighted by Crippen LogP contribution is -2.47. The monoisotopic (exact) mass is 276 g/mol. The van der Waals surface area contributed by atoms with Gasteiger partial charge in [0.25, 0.3) is 5.91 Å². The number of aliphatic hydroxyl groups is 1. The fourth-order valence-corrected chi connectivity index (χ4v) is 2.26. The average molecular weight is 276 g/mol. The fourth-order valence-electron chi connectivity index (χ4n) is 2.26. The normalized spacial score (nSPS) is 14.4. The molecule has 2 rings (SSSR count). The van der Waals surface area contributed by atoms with Crippen molar-refractivity contribution < 1.29 is 14.3 Å². The van der Waals surface area contributed by atoms with Crippen LogP contribution in [0.1, 0.15) is 17.3 Å². The highest BCUT2D eigenvalue weighted by molar-refractivity contribution is 6.05. The van der Waals surface area contributed by atoms with E-state index in [1.165, 1.54) is 6.26 Å². The molecular weight excluding hydrogens is 256 g/mol. The lowest BCUT2D eigenvalue weighted by molar-refractivity contribution is 0.0326. The zero-order valence-electron chi connectivity index (χ0n) is 12.0. The maximum atomic E-state index is 12.2. The summed E-state index contributed by atoms with van der Waals surface area (Å²) >= 11 is 0. The Balaban J connectivity index is 2.06. The summed E-state index contributed by atoms with van der Waals surface area (Å²) in [5.41, 5.74) is 0.192. The van der Waals surface area contributed by atoms with E-state index >= 15 is 0 Å². The van der Waals surface area contributed by atoms with Crippen molar-refractivity contribution in [2.45, 2.75) is 12.5 Å². The molecule has 0 aliphatic carbocycles. The molecule has 0 aliphatic rings. The Morgan fingerprint density at radius 3 is 2.80 bits per heavy atom. The molecule has 1 heterocycles. The van der Waals surface area contributed by atoms with Gasteiger partial charge in [-0.1, -0.05) is 18.2 Å². The molecule has 0 bridgehead atoms. The van der Waals surface area contributed by atoms with Crippen LogP contribution < -0.4 is 5.32 Å². The summed E-state index contributed by atoms with van der Waals surface area (Å²) in [4.78, 5) is 14.0. The molecule has 5 heteroatoms. The molecule has 20 heavy (non-hydrogen) atoms. The van der Waals surface area contributed by atoms with E-state index in [1.54, 1.807) is 6.92 Å². The lowest BCUT2D eigenvalue weighted by Gasteiger charge is -2.26. The van der Waals surface area contributed by atoms with Gasteiger partial charge in [0, 0.05) is 18.5 Å². The number of rotatable bonds is 5. The van der Waals surface area contributed by atoms with Crippen molar-refractivity contribution >= 4 is 16.9 Å². The molecule has 1 aromatic heterocycles. The zero-order chi connectivity index (χ0) is 14.8. The van der Waals surface area contributed by atoms with Crippen LogP contribution in [0.3, 0.4) is 0 Å². The van der Waals surface area contributed by atoms with E-state index in [1.807, 2.05) is 43.3 Å². The van der Waals surface area contributed by atoms with Crippen LogP contribution in [0.5, 0.6) is 0 Å². The quantitative estimate of drug-likeness (QED) is 0.868. The Bertz CT molecular complexity index is 602. The number of carbonyl (C=O) groups is 1. The molecule has 0 radical (unpaired) electrons. The molecule has 0 spiro atoms. The van der Waals surface area contributed by atoms with Gasteiger partial charge in [-0.15, -0.1) is 0 Å². The summed E-state index contributed by atoms with van der Waals surface area (Å²) in [6, 6.07) is 7.37. The number of hydrogen-bond acceptors (Lipinski definition) is 4. The highest BCUT2D eigenvalue weighted by Crippen LogP contribution is 2.20. The van der Waals surface area contributed by atoms with Crippen LogP contribution in [0.4, 0.5) is 0 Å². The van der Waals surface area contributed by atoms with Gasteiger partial charge >= 0.3 is 0 Å². The lowest BCUT2D eigenvalue weighted by atomic mass is 10.1. The molecule has 0 fully saturated rings. The third-order valence-electron chi connectivity index (χ3n) is 3.01. The van der Waals surface area contributed by atoms with Gasteiger partial charge in [-0.2, -0.15) is 0 Å². The van der Waals surface area contributed by atoms with E-state index in [9.17, 15) is 9.90 Å². The SMILES string of the molecule is CN(C)CC(C)(O)CNC(=O)c1coc2ccccc12. The standard InChI is InChI=1S/C15H20N2O3/c1-15(19,10-17(2)3)9-16-14(18)12-8-20-13-7-5-4-6-11(12)13/h4-8,19H,9-10H2,1-3H3,(H,16,18). The Morgan fingerprint density at radius 1 is 1.40 bits per heavy atom. The molecule has 2 aromatic rings. The van der Waals surface area contributed by atoms with Gasteiger partial charge in [0.15, 0.2) is 0 Å². The number of nitrogens with zero attached hydrogens (tertiary/aromatic N) is 1. The van der Waals surface area contributed by atoms with E-state index in [0.29, 0.717) is 17.7 Å². The average Bonchev–Trinajstić information content (AvgIpc) is 2.78. The number of carbonyl (C=O) groups excluding carboxylic acids is 1. The van der Waals surface area contributed by atoms with E-state index in [-0.39, 0.29) is 12.5 Å². The summed E-state index contributed by atoms with van der Waals surface area (Å²) in [7, 11) is 3.75. The van der Waals surface area contributed by atoms with Gasteiger partial charge in [-0.05, 0) is 27.1 Å². The number of benzene rings is 1. The first kappa shape index (κ1) is 14.6. The highest BCUT2D eigenvalue weighted by Gasteiger charge is 2.23. The van der Waals surface area contributed by atoms with Gasteiger partial charge in [0.05, 0.1) is 11.2 Å². The molecule has 1 unspecified atom stereocenters. The first-order valence-electron chi connectivity index (χ1n) is 6.50. The Morgan fingerprint density at radius 2 is 2.10 bits per heavy atom. The van der Waals surface area contributed by atoms with Crippen LogP contribution in [0.2, 0.25) is 0 Å². The second kappa shape index (κ2) is 5.64.